The van der Waals surface area contributed by atoms with Gasteiger partial charge >= 0.3 is 6.03 Å². The zero-order chi connectivity index (χ0) is 15.1. The molecule has 0 aliphatic heterocycles. The molecule has 1 saturated carbocycles. The van der Waals surface area contributed by atoms with Crippen LogP contribution >= 0.6 is 11.6 Å². The van der Waals surface area contributed by atoms with Gasteiger partial charge in [0.1, 0.15) is 0 Å². The largest absolute Gasteiger partial charge is 0.336 e. The zero-order valence-corrected chi connectivity index (χ0v) is 13.5. The van der Waals surface area contributed by atoms with E-state index in [9.17, 15) is 4.79 Å². The summed E-state index contributed by atoms with van der Waals surface area (Å²) in [6.45, 7) is 2.59. The molecule has 2 N–H and O–H groups in total. The topological polar surface area (TPSA) is 41.1 Å². The quantitative estimate of drug-likeness (QED) is 0.826. The third-order valence-corrected chi connectivity index (χ3v) is 4.37. The van der Waals surface area contributed by atoms with Crippen LogP contribution in [-0.4, -0.2) is 12.1 Å². The van der Waals surface area contributed by atoms with Crippen LogP contribution in [0.25, 0.3) is 0 Å². The van der Waals surface area contributed by atoms with Gasteiger partial charge in [0.05, 0.1) is 0 Å². The normalized spacial score (nSPS) is 17.2. The summed E-state index contributed by atoms with van der Waals surface area (Å²) in [4.78, 5) is 11.9. The van der Waals surface area contributed by atoms with Crippen molar-refractivity contribution in [3.8, 4) is 0 Å². The molecule has 0 spiro atoms. The van der Waals surface area contributed by atoms with Crippen LogP contribution in [0.5, 0.6) is 0 Å². The Morgan fingerprint density at radius 1 is 1.33 bits per heavy atom. The van der Waals surface area contributed by atoms with Crippen LogP contribution in [-0.2, 0) is 6.54 Å². The molecule has 2 amide bonds. The van der Waals surface area contributed by atoms with Gasteiger partial charge in [-0.3, -0.25) is 0 Å². The highest BCUT2D eigenvalue weighted by atomic mass is 35.5. The van der Waals surface area contributed by atoms with Crippen LogP contribution in [0.15, 0.2) is 24.3 Å². The van der Waals surface area contributed by atoms with Gasteiger partial charge in [-0.1, -0.05) is 55.8 Å². The Balaban J connectivity index is 1.68. The molecular weight excluding hydrogens is 284 g/mol. The van der Waals surface area contributed by atoms with Crippen molar-refractivity contribution in [2.24, 2.45) is 5.92 Å². The Hall–Kier alpha value is -1.22. The van der Waals surface area contributed by atoms with E-state index in [1.165, 1.54) is 32.1 Å². The van der Waals surface area contributed by atoms with Gasteiger partial charge in [0.2, 0.25) is 0 Å². The Morgan fingerprint density at radius 3 is 2.81 bits per heavy atom. The van der Waals surface area contributed by atoms with Gasteiger partial charge in [-0.2, -0.15) is 0 Å². The van der Waals surface area contributed by atoms with Gasteiger partial charge in [-0.25, -0.2) is 4.79 Å². The first-order valence-corrected chi connectivity index (χ1v) is 8.30. The predicted octanol–water partition coefficient (Wildman–Crippen LogP) is 4.50. The first kappa shape index (κ1) is 16.2. The second kappa shape index (κ2) is 8.28. The molecule has 1 atom stereocenters. The van der Waals surface area contributed by atoms with Crippen molar-refractivity contribution in [3.05, 3.63) is 34.9 Å². The Bertz CT molecular complexity index is 458. The fourth-order valence-electron chi connectivity index (χ4n) is 3.09. The number of nitrogens with one attached hydrogen (secondary N) is 2. The number of rotatable bonds is 5. The molecule has 1 aromatic carbocycles. The summed E-state index contributed by atoms with van der Waals surface area (Å²) in [5.74, 6) is 0.780. The summed E-state index contributed by atoms with van der Waals surface area (Å²) in [5, 5.41) is 6.61. The van der Waals surface area contributed by atoms with E-state index in [2.05, 4.69) is 17.6 Å². The lowest BCUT2D eigenvalue weighted by atomic mass is 9.85. The highest BCUT2D eigenvalue weighted by Crippen LogP contribution is 2.27. The molecule has 4 heteroatoms. The number of urea groups is 1. The number of amides is 2. The zero-order valence-electron chi connectivity index (χ0n) is 12.7. The minimum atomic E-state index is -0.0988. The molecule has 1 aliphatic rings. The molecule has 3 nitrogen and oxygen atoms in total. The fourth-order valence-corrected chi connectivity index (χ4v) is 3.30. The van der Waals surface area contributed by atoms with E-state index in [4.69, 9.17) is 11.6 Å². The van der Waals surface area contributed by atoms with Crippen LogP contribution in [0.2, 0.25) is 5.02 Å². The number of halogens is 1. The maximum atomic E-state index is 11.9. The minimum Gasteiger partial charge on any atom is -0.336 e. The number of carbonyl (C=O) groups excluding carboxylic acids is 1. The van der Waals surface area contributed by atoms with Crippen LogP contribution < -0.4 is 10.6 Å². The van der Waals surface area contributed by atoms with Gasteiger partial charge in [-0.15, -0.1) is 0 Å². The van der Waals surface area contributed by atoms with E-state index < -0.39 is 0 Å². The van der Waals surface area contributed by atoms with Crippen LogP contribution in [0.4, 0.5) is 4.79 Å². The number of hydrogen-bond acceptors (Lipinski definition) is 1. The molecule has 0 heterocycles. The molecule has 2 rings (SSSR count). The lowest BCUT2D eigenvalue weighted by Gasteiger charge is -2.25. The standard InChI is InChI=1S/C17H25ClN2O/c1-13(10-14-6-3-2-4-7-14)20-17(21)19-12-15-8-5-9-16(18)11-15/h5,8-9,11,13-14H,2-4,6-7,10,12H2,1H3,(H2,19,20,21). The molecule has 1 aromatic rings. The molecule has 0 saturated heterocycles. The van der Waals surface area contributed by atoms with Crippen LogP contribution in [0.1, 0.15) is 51.0 Å². The number of hydrogen-bond donors (Lipinski definition) is 2. The van der Waals surface area contributed by atoms with E-state index in [-0.39, 0.29) is 12.1 Å². The van der Waals surface area contributed by atoms with E-state index in [0.29, 0.717) is 11.6 Å². The van der Waals surface area contributed by atoms with Crippen molar-refractivity contribution in [1.29, 1.82) is 0 Å². The number of benzene rings is 1. The van der Waals surface area contributed by atoms with Gasteiger partial charge in [0, 0.05) is 17.6 Å². The minimum absolute atomic E-state index is 0.0988. The van der Waals surface area contributed by atoms with Crippen molar-refractivity contribution in [3.63, 3.8) is 0 Å². The summed E-state index contributed by atoms with van der Waals surface area (Å²) in [5.41, 5.74) is 1.01. The smallest absolute Gasteiger partial charge is 0.315 e. The molecule has 0 aromatic heterocycles. The summed E-state index contributed by atoms with van der Waals surface area (Å²) >= 11 is 5.92. The molecule has 21 heavy (non-hydrogen) atoms. The Morgan fingerprint density at radius 2 is 2.10 bits per heavy atom. The van der Waals surface area contributed by atoms with E-state index in [1.807, 2.05) is 24.3 Å². The third-order valence-electron chi connectivity index (χ3n) is 4.13. The summed E-state index contributed by atoms with van der Waals surface area (Å²) in [7, 11) is 0. The highest BCUT2D eigenvalue weighted by molar-refractivity contribution is 6.30. The lowest BCUT2D eigenvalue weighted by molar-refractivity contribution is 0.232. The lowest BCUT2D eigenvalue weighted by Crippen LogP contribution is -2.41. The Labute approximate surface area is 132 Å². The second-order valence-corrected chi connectivity index (χ2v) is 6.53. The second-order valence-electron chi connectivity index (χ2n) is 6.10. The maximum absolute atomic E-state index is 11.9. The Kier molecular flexibility index (Phi) is 6.37. The molecule has 1 aliphatic carbocycles. The monoisotopic (exact) mass is 308 g/mol. The van der Waals surface area contributed by atoms with Crippen LogP contribution in [0.3, 0.4) is 0 Å². The average Bonchev–Trinajstić information content (AvgIpc) is 2.46. The SMILES string of the molecule is CC(CC1CCCCC1)NC(=O)NCc1cccc(Cl)c1. The van der Waals surface area contributed by atoms with Crippen molar-refractivity contribution in [2.75, 3.05) is 0 Å². The average molecular weight is 309 g/mol. The number of carbonyl (C=O) groups is 1. The summed E-state index contributed by atoms with van der Waals surface area (Å²) in [6.07, 6.45) is 7.78. The molecular formula is C17H25ClN2O. The summed E-state index contributed by atoms with van der Waals surface area (Å²) < 4.78 is 0. The molecule has 0 radical (unpaired) electrons. The maximum Gasteiger partial charge on any atom is 0.315 e. The first-order valence-electron chi connectivity index (χ1n) is 7.92. The van der Waals surface area contributed by atoms with Gasteiger partial charge in [-0.05, 0) is 37.0 Å². The van der Waals surface area contributed by atoms with Crippen molar-refractivity contribution < 1.29 is 4.79 Å². The van der Waals surface area contributed by atoms with Gasteiger partial charge < -0.3 is 10.6 Å². The van der Waals surface area contributed by atoms with Gasteiger partial charge in [0.25, 0.3) is 0 Å². The summed E-state index contributed by atoms with van der Waals surface area (Å²) in [6, 6.07) is 7.68. The van der Waals surface area contributed by atoms with E-state index in [0.717, 1.165) is 17.9 Å². The third kappa shape index (κ3) is 5.96. The predicted molar refractivity (Wildman–Crippen MR) is 87.5 cm³/mol. The molecule has 116 valence electrons. The molecule has 1 unspecified atom stereocenters. The van der Waals surface area contributed by atoms with Crippen molar-refractivity contribution in [1.82, 2.24) is 10.6 Å². The van der Waals surface area contributed by atoms with E-state index >= 15 is 0 Å². The highest BCUT2D eigenvalue weighted by Gasteiger charge is 2.17. The fraction of sp³-hybridized carbons (Fsp3) is 0.588. The first-order chi connectivity index (χ1) is 10.1. The van der Waals surface area contributed by atoms with Gasteiger partial charge in [0.15, 0.2) is 0 Å². The van der Waals surface area contributed by atoms with Crippen LogP contribution in [0, 0.1) is 5.92 Å². The van der Waals surface area contributed by atoms with Crippen molar-refractivity contribution >= 4 is 17.6 Å². The molecule has 0 bridgehead atoms. The molecule has 1 fully saturated rings. The van der Waals surface area contributed by atoms with E-state index in [1.54, 1.807) is 0 Å². The van der Waals surface area contributed by atoms with Crippen molar-refractivity contribution in [2.45, 2.75) is 58.0 Å².